The summed E-state index contributed by atoms with van der Waals surface area (Å²) in [6.45, 7) is 2.71. The maximum atomic E-state index is 13.1. The maximum absolute atomic E-state index is 13.1. The van der Waals surface area contributed by atoms with E-state index < -0.39 is 0 Å². The van der Waals surface area contributed by atoms with Crippen LogP contribution in [0.1, 0.15) is 25.6 Å². The lowest BCUT2D eigenvalue weighted by atomic mass is 10.2. The van der Waals surface area contributed by atoms with E-state index in [2.05, 4.69) is 18.0 Å². The SMILES string of the molecule is CCCc1nc2ccccc2n1CC(=O)N(CCC#N)c1ccccc1. The largest absolute Gasteiger partial charge is 0.318 e. The van der Waals surface area contributed by atoms with E-state index in [4.69, 9.17) is 5.26 Å². The summed E-state index contributed by atoms with van der Waals surface area (Å²) in [4.78, 5) is 19.5. The van der Waals surface area contributed by atoms with Crippen molar-refractivity contribution in [1.29, 1.82) is 5.26 Å². The van der Waals surface area contributed by atoms with Gasteiger partial charge < -0.3 is 9.47 Å². The number of carbonyl (C=O) groups is 1. The molecule has 0 aliphatic rings. The Morgan fingerprint density at radius 1 is 1.15 bits per heavy atom. The average molecular weight is 346 g/mol. The molecule has 0 saturated carbocycles. The normalized spacial score (nSPS) is 10.6. The minimum Gasteiger partial charge on any atom is -0.318 e. The first-order valence-electron chi connectivity index (χ1n) is 8.91. The highest BCUT2D eigenvalue weighted by Gasteiger charge is 2.19. The van der Waals surface area contributed by atoms with Gasteiger partial charge >= 0.3 is 0 Å². The quantitative estimate of drug-likeness (QED) is 0.651. The van der Waals surface area contributed by atoms with E-state index in [1.54, 1.807) is 4.90 Å². The Bertz CT molecular complexity index is 924. The third-order valence-corrected chi connectivity index (χ3v) is 4.32. The lowest BCUT2D eigenvalue weighted by Gasteiger charge is -2.22. The molecular formula is C21H22N4O. The van der Waals surface area contributed by atoms with Crippen LogP contribution < -0.4 is 4.90 Å². The molecule has 5 nitrogen and oxygen atoms in total. The molecule has 0 N–H and O–H groups in total. The number of nitrogens with zero attached hydrogens (tertiary/aromatic N) is 4. The van der Waals surface area contributed by atoms with Crippen LogP contribution in [0, 0.1) is 11.3 Å². The van der Waals surface area contributed by atoms with Gasteiger partial charge in [-0.1, -0.05) is 37.3 Å². The third kappa shape index (κ3) is 3.75. The van der Waals surface area contributed by atoms with Crippen LogP contribution in [0.25, 0.3) is 11.0 Å². The summed E-state index contributed by atoms with van der Waals surface area (Å²) in [6, 6.07) is 19.5. The van der Waals surface area contributed by atoms with Gasteiger partial charge in [-0.15, -0.1) is 0 Å². The fraction of sp³-hybridized carbons (Fsp3) is 0.286. The lowest BCUT2D eigenvalue weighted by molar-refractivity contribution is -0.119. The van der Waals surface area contributed by atoms with Gasteiger partial charge in [-0.2, -0.15) is 5.26 Å². The van der Waals surface area contributed by atoms with Crippen molar-refractivity contribution < 1.29 is 4.79 Å². The number of hydrogen-bond acceptors (Lipinski definition) is 3. The van der Waals surface area contributed by atoms with Crippen LogP contribution in [0.3, 0.4) is 0 Å². The Balaban J connectivity index is 1.93. The summed E-state index contributed by atoms with van der Waals surface area (Å²) < 4.78 is 2.00. The van der Waals surface area contributed by atoms with Crippen molar-refractivity contribution in [1.82, 2.24) is 9.55 Å². The van der Waals surface area contributed by atoms with E-state index in [0.717, 1.165) is 35.4 Å². The maximum Gasteiger partial charge on any atom is 0.247 e. The molecule has 3 aromatic rings. The zero-order valence-electron chi connectivity index (χ0n) is 14.9. The number of aromatic nitrogens is 2. The molecule has 1 amide bonds. The summed E-state index contributed by atoms with van der Waals surface area (Å²) >= 11 is 0. The first kappa shape index (κ1) is 17.7. The standard InChI is InChI=1S/C21H22N4O/c1-2-9-20-23-18-12-6-7-13-19(18)25(20)16-21(26)24(15-8-14-22)17-10-4-3-5-11-17/h3-7,10-13H,2,8-9,15-16H2,1H3. The highest BCUT2D eigenvalue weighted by molar-refractivity contribution is 5.94. The minimum atomic E-state index is -0.0352. The number of para-hydroxylation sites is 3. The second-order valence-electron chi connectivity index (χ2n) is 6.14. The Hall–Kier alpha value is -3.13. The van der Waals surface area contributed by atoms with Crippen molar-refractivity contribution in [3.05, 3.63) is 60.4 Å². The predicted molar refractivity (Wildman–Crippen MR) is 103 cm³/mol. The van der Waals surface area contributed by atoms with Gasteiger partial charge in [0.05, 0.1) is 23.5 Å². The van der Waals surface area contributed by atoms with Gasteiger partial charge in [0, 0.05) is 18.7 Å². The second-order valence-corrected chi connectivity index (χ2v) is 6.14. The summed E-state index contributed by atoms with van der Waals surface area (Å²) in [5.74, 6) is 0.891. The molecule has 1 heterocycles. The molecule has 0 atom stereocenters. The van der Waals surface area contributed by atoms with Crippen LogP contribution in [-0.2, 0) is 17.8 Å². The number of rotatable bonds is 7. The Labute approximate surface area is 153 Å². The van der Waals surface area contributed by atoms with Gasteiger partial charge in [0.2, 0.25) is 5.91 Å². The fourth-order valence-corrected chi connectivity index (χ4v) is 3.10. The lowest BCUT2D eigenvalue weighted by Crippen LogP contribution is -2.35. The van der Waals surface area contributed by atoms with Crippen LogP contribution in [-0.4, -0.2) is 22.0 Å². The van der Waals surface area contributed by atoms with E-state index in [-0.39, 0.29) is 12.5 Å². The number of anilines is 1. The number of nitriles is 1. The molecule has 1 aromatic heterocycles. The predicted octanol–water partition coefficient (Wildman–Crippen LogP) is 3.94. The van der Waals surface area contributed by atoms with E-state index in [9.17, 15) is 4.79 Å². The number of amides is 1. The van der Waals surface area contributed by atoms with E-state index in [1.807, 2.05) is 59.2 Å². The smallest absolute Gasteiger partial charge is 0.247 e. The number of fused-ring (bicyclic) bond motifs is 1. The van der Waals surface area contributed by atoms with Gasteiger partial charge in [-0.25, -0.2) is 4.98 Å². The zero-order chi connectivity index (χ0) is 18.4. The van der Waals surface area contributed by atoms with Crippen LogP contribution in [0.15, 0.2) is 54.6 Å². The summed E-state index contributed by atoms with van der Waals surface area (Å²) in [5, 5.41) is 8.95. The number of imidazole rings is 1. The van der Waals surface area contributed by atoms with E-state index >= 15 is 0 Å². The summed E-state index contributed by atoms with van der Waals surface area (Å²) in [7, 11) is 0. The number of aryl methyl sites for hydroxylation is 1. The summed E-state index contributed by atoms with van der Waals surface area (Å²) in [6.07, 6.45) is 2.09. The molecule has 3 rings (SSSR count). The van der Waals surface area contributed by atoms with Crippen molar-refractivity contribution in [3.8, 4) is 6.07 Å². The molecule has 0 aliphatic carbocycles. The fourth-order valence-electron chi connectivity index (χ4n) is 3.10. The van der Waals surface area contributed by atoms with Gasteiger partial charge in [-0.3, -0.25) is 4.79 Å². The van der Waals surface area contributed by atoms with Crippen LogP contribution in [0.5, 0.6) is 0 Å². The third-order valence-electron chi connectivity index (χ3n) is 4.32. The number of hydrogen-bond donors (Lipinski definition) is 0. The van der Waals surface area contributed by atoms with Gasteiger partial charge in [0.25, 0.3) is 0 Å². The van der Waals surface area contributed by atoms with Crippen molar-refractivity contribution in [2.75, 3.05) is 11.4 Å². The monoisotopic (exact) mass is 346 g/mol. The van der Waals surface area contributed by atoms with Gasteiger partial charge in [0.1, 0.15) is 12.4 Å². The highest BCUT2D eigenvalue weighted by atomic mass is 16.2. The van der Waals surface area contributed by atoms with Crippen molar-refractivity contribution in [3.63, 3.8) is 0 Å². The molecule has 0 radical (unpaired) electrons. The van der Waals surface area contributed by atoms with Crippen molar-refractivity contribution in [2.24, 2.45) is 0 Å². The molecule has 0 saturated heterocycles. The Morgan fingerprint density at radius 2 is 1.88 bits per heavy atom. The first-order valence-corrected chi connectivity index (χ1v) is 8.91. The van der Waals surface area contributed by atoms with Gasteiger partial charge in [-0.05, 0) is 30.7 Å². The van der Waals surface area contributed by atoms with Crippen molar-refractivity contribution in [2.45, 2.75) is 32.7 Å². The molecule has 26 heavy (non-hydrogen) atoms. The topological polar surface area (TPSA) is 61.9 Å². The molecule has 0 aliphatic heterocycles. The molecule has 2 aromatic carbocycles. The summed E-state index contributed by atoms with van der Waals surface area (Å²) in [5.41, 5.74) is 2.69. The molecule has 0 bridgehead atoms. The number of carbonyl (C=O) groups excluding carboxylic acids is 1. The molecule has 5 heteroatoms. The average Bonchev–Trinajstić information content (AvgIpc) is 3.01. The molecule has 0 spiro atoms. The van der Waals surface area contributed by atoms with Gasteiger partial charge in [0.15, 0.2) is 0 Å². The van der Waals surface area contributed by atoms with E-state index in [0.29, 0.717) is 13.0 Å². The first-order chi connectivity index (χ1) is 12.7. The molecular weight excluding hydrogens is 324 g/mol. The van der Waals surface area contributed by atoms with Crippen LogP contribution in [0.4, 0.5) is 5.69 Å². The molecule has 132 valence electrons. The second kappa shape index (κ2) is 8.30. The Morgan fingerprint density at radius 3 is 2.62 bits per heavy atom. The number of benzene rings is 2. The zero-order valence-corrected chi connectivity index (χ0v) is 14.9. The minimum absolute atomic E-state index is 0.0352. The molecule has 0 unspecified atom stereocenters. The van der Waals surface area contributed by atoms with E-state index in [1.165, 1.54) is 0 Å². The molecule has 0 fully saturated rings. The van der Waals surface area contributed by atoms with Crippen LogP contribution >= 0.6 is 0 Å². The Kier molecular flexibility index (Phi) is 5.65. The van der Waals surface area contributed by atoms with Crippen LogP contribution in [0.2, 0.25) is 0 Å². The highest BCUT2D eigenvalue weighted by Crippen LogP contribution is 2.19. The van der Waals surface area contributed by atoms with Crippen molar-refractivity contribution >= 4 is 22.6 Å².